The molecule has 1 N–H and O–H groups in total. The summed E-state index contributed by atoms with van der Waals surface area (Å²) in [7, 11) is 5.73. The molecule has 0 atom stereocenters. The third-order valence-electron chi connectivity index (χ3n) is 2.95. The normalized spacial score (nSPS) is 12.6. The Morgan fingerprint density at radius 2 is 1.79 bits per heavy atom. The first-order valence-corrected chi connectivity index (χ1v) is 5.88. The first-order chi connectivity index (χ1) is 9.15. The minimum Gasteiger partial charge on any atom is -0.454 e. The lowest BCUT2D eigenvalue weighted by Gasteiger charge is -2.16. The molecule has 3 rings (SSSR count). The van der Waals surface area contributed by atoms with Gasteiger partial charge < -0.3 is 19.3 Å². The van der Waals surface area contributed by atoms with Crippen LogP contribution in [-0.4, -0.2) is 43.1 Å². The van der Waals surface area contributed by atoms with Crippen molar-refractivity contribution in [2.45, 2.75) is 0 Å². The molecule has 2 aromatic rings. The van der Waals surface area contributed by atoms with E-state index < -0.39 is 0 Å². The average molecular weight is 261 g/mol. The van der Waals surface area contributed by atoms with Gasteiger partial charge in [0, 0.05) is 32.9 Å². The van der Waals surface area contributed by atoms with E-state index in [1.54, 1.807) is 0 Å². The summed E-state index contributed by atoms with van der Waals surface area (Å²) in [6.07, 6.45) is 0. The van der Waals surface area contributed by atoms with E-state index in [2.05, 4.69) is 15.2 Å². The zero-order chi connectivity index (χ0) is 13.4. The van der Waals surface area contributed by atoms with Gasteiger partial charge in [0.2, 0.25) is 18.7 Å². The maximum Gasteiger partial charge on any atom is 0.231 e. The van der Waals surface area contributed by atoms with Crippen molar-refractivity contribution in [1.82, 2.24) is 15.2 Å². The molecule has 0 saturated carbocycles. The number of rotatable bonds is 3. The van der Waals surface area contributed by atoms with Crippen LogP contribution in [-0.2, 0) is 0 Å². The van der Waals surface area contributed by atoms with Crippen LogP contribution < -0.4 is 19.3 Å². The zero-order valence-corrected chi connectivity index (χ0v) is 11.0. The summed E-state index contributed by atoms with van der Waals surface area (Å²) in [4.78, 5) is 6.91. The Bertz CT molecular complexity index is 596. The predicted octanol–water partition coefficient (Wildman–Crippen LogP) is 1.37. The van der Waals surface area contributed by atoms with Crippen molar-refractivity contribution in [3.8, 4) is 11.5 Å². The maximum atomic E-state index is 5.37. The molecule has 1 aromatic heterocycles. The fourth-order valence-electron chi connectivity index (χ4n) is 1.81. The Morgan fingerprint density at radius 3 is 2.53 bits per heavy atom. The number of anilines is 3. The van der Waals surface area contributed by atoms with Gasteiger partial charge in [-0.25, -0.2) is 0 Å². The highest BCUT2D eigenvalue weighted by Crippen LogP contribution is 2.36. The number of aromatic nitrogens is 3. The highest BCUT2D eigenvalue weighted by molar-refractivity contribution is 5.62. The van der Waals surface area contributed by atoms with E-state index in [1.165, 1.54) is 0 Å². The van der Waals surface area contributed by atoms with Crippen LogP contribution in [0.2, 0.25) is 0 Å². The number of hydrogen-bond acceptors (Lipinski definition) is 6. The summed E-state index contributed by atoms with van der Waals surface area (Å²) in [5.74, 6) is 2.89. The number of hydrogen-bond donors (Lipinski definition) is 1. The van der Waals surface area contributed by atoms with Crippen molar-refractivity contribution in [2.24, 2.45) is 0 Å². The Labute approximate surface area is 110 Å². The number of nitrogens with zero attached hydrogens (tertiary/aromatic N) is 4. The van der Waals surface area contributed by atoms with Crippen LogP contribution in [0, 0.1) is 0 Å². The van der Waals surface area contributed by atoms with Crippen LogP contribution in [0.1, 0.15) is 0 Å². The van der Waals surface area contributed by atoms with Crippen molar-refractivity contribution < 1.29 is 9.47 Å². The maximum absolute atomic E-state index is 5.37. The van der Waals surface area contributed by atoms with Gasteiger partial charge in [-0.1, -0.05) is 0 Å². The minimum absolute atomic E-state index is 0.273. The van der Waals surface area contributed by atoms with Gasteiger partial charge in [0.25, 0.3) is 0 Å². The zero-order valence-electron chi connectivity index (χ0n) is 11.0. The van der Waals surface area contributed by atoms with Gasteiger partial charge in [0.15, 0.2) is 11.5 Å². The van der Waals surface area contributed by atoms with E-state index in [1.807, 2.05) is 49.1 Å². The SMILES string of the molecule is CN(C)c1nnc(N(C)c2ccc3c(c2)OCO3)[nH]1. The van der Waals surface area contributed by atoms with Gasteiger partial charge in [0.05, 0.1) is 0 Å². The van der Waals surface area contributed by atoms with Crippen molar-refractivity contribution in [2.75, 3.05) is 37.7 Å². The molecule has 0 unspecified atom stereocenters. The van der Waals surface area contributed by atoms with Crippen molar-refractivity contribution in [3.05, 3.63) is 18.2 Å². The lowest BCUT2D eigenvalue weighted by atomic mass is 10.2. The first kappa shape index (κ1) is 11.6. The number of ether oxygens (including phenoxy) is 2. The summed E-state index contributed by atoms with van der Waals surface area (Å²) in [5, 5.41) is 8.17. The molecule has 1 aliphatic heterocycles. The largest absolute Gasteiger partial charge is 0.454 e. The topological polar surface area (TPSA) is 66.5 Å². The van der Waals surface area contributed by atoms with Gasteiger partial charge in [-0.3, -0.25) is 4.98 Å². The first-order valence-electron chi connectivity index (χ1n) is 5.88. The molecule has 0 spiro atoms. The van der Waals surface area contributed by atoms with Crippen molar-refractivity contribution in [1.29, 1.82) is 0 Å². The second-order valence-corrected chi connectivity index (χ2v) is 4.46. The highest BCUT2D eigenvalue weighted by Gasteiger charge is 2.16. The summed E-state index contributed by atoms with van der Waals surface area (Å²) < 4.78 is 10.7. The molecule has 0 aliphatic carbocycles. The fraction of sp³-hybridized carbons (Fsp3) is 0.333. The Morgan fingerprint density at radius 1 is 1.05 bits per heavy atom. The summed E-state index contributed by atoms with van der Waals surface area (Å²) in [5.41, 5.74) is 0.950. The Balaban J connectivity index is 1.88. The summed E-state index contributed by atoms with van der Waals surface area (Å²) in [6.45, 7) is 0.273. The van der Waals surface area contributed by atoms with Gasteiger partial charge in [-0.05, 0) is 12.1 Å². The molecule has 0 fully saturated rings. The van der Waals surface area contributed by atoms with Crippen LogP contribution in [0.3, 0.4) is 0 Å². The number of fused-ring (bicyclic) bond motifs is 1. The Hall–Kier alpha value is -2.44. The molecule has 0 radical (unpaired) electrons. The van der Waals surface area contributed by atoms with Gasteiger partial charge in [-0.15, -0.1) is 10.2 Å². The molecular weight excluding hydrogens is 246 g/mol. The number of benzene rings is 1. The van der Waals surface area contributed by atoms with E-state index in [0.29, 0.717) is 11.9 Å². The smallest absolute Gasteiger partial charge is 0.231 e. The summed E-state index contributed by atoms with van der Waals surface area (Å²) >= 11 is 0. The molecular formula is C12H15N5O2. The molecule has 7 nitrogen and oxygen atoms in total. The lowest BCUT2D eigenvalue weighted by Crippen LogP contribution is -2.12. The van der Waals surface area contributed by atoms with Crippen molar-refractivity contribution >= 4 is 17.6 Å². The minimum atomic E-state index is 0.273. The monoisotopic (exact) mass is 261 g/mol. The molecule has 100 valence electrons. The molecule has 1 aliphatic rings. The molecule has 19 heavy (non-hydrogen) atoms. The quantitative estimate of drug-likeness (QED) is 0.900. The van der Waals surface area contributed by atoms with E-state index in [9.17, 15) is 0 Å². The van der Waals surface area contributed by atoms with Crippen molar-refractivity contribution in [3.63, 3.8) is 0 Å². The van der Waals surface area contributed by atoms with E-state index in [0.717, 1.165) is 17.2 Å². The molecule has 7 heteroatoms. The van der Waals surface area contributed by atoms with Crippen LogP contribution >= 0.6 is 0 Å². The average Bonchev–Trinajstić information content (AvgIpc) is 3.06. The van der Waals surface area contributed by atoms with E-state index in [-0.39, 0.29) is 6.79 Å². The molecule has 0 saturated heterocycles. The number of nitrogens with one attached hydrogen (secondary N) is 1. The second-order valence-electron chi connectivity index (χ2n) is 4.46. The third-order valence-corrected chi connectivity index (χ3v) is 2.95. The second kappa shape index (κ2) is 4.34. The standard InChI is InChI=1S/C12H15N5O2/c1-16(2)11-13-12(15-14-11)17(3)8-4-5-9-10(6-8)19-7-18-9/h4-6H,7H2,1-3H3,(H,13,14,15). The van der Waals surface area contributed by atoms with Gasteiger partial charge >= 0.3 is 0 Å². The molecule has 0 amide bonds. The number of aromatic amines is 1. The molecule has 2 heterocycles. The molecule has 1 aromatic carbocycles. The molecule has 0 bridgehead atoms. The highest BCUT2D eigenvalue weighted by atomic mass is 16.7. The van der Waals surface area contributed by atoms with Crippen LogP contribution in [0.25, 0.3) is 0 Å². The fourth-order valence-corrected chi connectivity index (χ4v) is 1.81. The number of H-pyrrole nitrogens is 1. The van der Waals surface area contributed by atoms with Gasteiger partial charge in [-0.2, -0.15) is 0 Å². The van der Waals surface area contributed by atoms with Gasteiger partial charge in [0.1, 0.15) is 0 Å². The predicted molar refractivity (Wildman–Crippen MR) is 71.3 cm³/mol. The lowest BCUT2D eigenvalue weighted by molar-refractivity contribution is 0.174. The van der Waals surface area contributed by atoms with Crippen LogP contribution in [0.4, 0.5) is 17.6 Å². The van der Waals surface area contributed by atoms with Crippen LogP contribution in [0.5, 0.6) is 11.5 Å². The van der Waals surface area contributed by atoms with E-state index in [4.69, 9.17) is 9.47 Å². The third kappa shape index (κ3) is 2.03. The summed E-state index contributed by atoms with van der Waals surface area (Å²) in [6, 6.07) is 5.75. The van der Waals surface area contributed by atoms with Crippen LogP contribution in [0.15, 0.2) is 18.2 Å². The Kier molecular flexibility index (Phi) is 2.66. The van der Waals surface area contributed by atoms with E-state index >= 15 is 0 Å².